The lowest BCUT2D eigenvalue weighted by atomic mass is 10.0. The molecule has 1 saturated heterocycles. The van der Waals surface area contributed by atoms with Gasteiger partial charge in [-0.2, -0.15) is 0 Å². The van der Waals surface area contributed by atoms with Crippen LogP contribution < -0.4 is 5.32 Å². The third kappa shape index (κ3) is 4.41. The number of carbonyl (C=O) groups excluding carboxylic acids is 2. The number of carboxylic acids is 1. The van der Waals surface area contributed by atoms with E-state index in [-0.39, 0.29) is 11.4 Å². The molecule has 4 rings (SSSR count). The molecule has 0 saturated carbocycles. The zero-order valence-electron chi connectivity index (χ0n) is 17.0. The van der Waals surface area contributed by atoms with Crippen molar-refractivity contribution in [3.63, 3.8) is 0 Å². The number of nitrogens with zero attached hydrogens (tertiary/aromatic N) is 4. The van der Waals surface area contributed by atoms with Crippen molar-refractivity contribution in [2.75, 3.05) is 17.3 Å². The molecular formula is C18H19N5O5S4. The summed E-state index contributed by atoms with van der Waals surface area (Å²) in [5.74, 6) is -0.905. The number of aliphatic carboxylic acids is 1. The highest BCUT2D eigenvalue weighted by Gasteiger charge is 2.54. The summed E-state index contributed by atoms with van der Waals surface area (Å²) in [6.07, 6.45) is 0. The summed E-state index contributed by atoms with van der Waals surface area (Å²) in [4.78, 5) is 38.2. The van der Waals surface area contributed by atoms with Gasteiger partial charge in [-0.1, -0.05) is 23.1 Å². The predicted octanol–water partition coefficient (Wildman–Crippen LogP) is 0.824. The van der Waals surface area contributed by atoms with Crippen LogP contribution in [0.15, 0.2) is 38.1 Å². The monoisotopic (exact) mass is 513 g/mol. The van der Waals surface area contributed by atoms with Crippen LogP contribution in [0.5, 0.6) is 0 Å². The zero-order valence-corrected chi connectivity index (χ0v) is 20.3. The van der Waals surface area contributed by atoms with Crippen LogP contribution in [0.25, 0.3) is 0 Å². The van der Waals surface area contributed by atoms with E-state index in [2.05, 4.69) is 15.5 Å². The summed E-state index contributed by atoms with van der Waals surface area (Å²) in [6.45, 7) is 1.82. The number of fused-ring (bicyclic) bond motifs is 1. The molecule has 2 N–H and O–H groups in total. The Balaban J connectivity index is 1.42. The lowest BCUT2D eigenvalue weighted by Crippen LogP contribution is -2.70. The molecule has 2 aliphatic rings. The first-order valence-corrected chi connectivity index (χ1v) is 13.6. The Bertz CT molecular complexity index is 1090. The molecule has 32 heavy (non-hydrogen) atoms. The first kappa shape index (κ1) is 23.2. The van der Waals surface area contributed by atoms with E-state index in [9.17, 15) is 24.0 Å². The number of hydrogen-bond acceptors (Lipinski definition) is 9. The number of nitrogens with one attached hydrogen (secondary N) is 1. The molecule has 170 valence electrons. The second-order valence-corrected chi connectivity index (χ2v) is 11.7. The van der Waals surface area contributed by atoms with Gasteiger partial charge in [-0.05, 0) is 23.9 Å². The zero-order chi connectivity index (χ0) is 23.0. The maximum Gasteiger partial charge on any atom is 0.352 e. The van der Waals surface area contributed by atoms with E-state index in [4.69, 9.17) is 0 Å². The molecule has 14 heteroatoms. The molecule has 0 spiro atoms. The molecule has 2 aromatic heterocycles. The molecule has 0 aliphatic carbocycles. The van der Waals surface area contributed by atoms with Crippen LogP contribution in [0, 0.1) is 6.92 Å². The van der Waals surface area contributed by atoms with E-state index >= 15 is 0 Å². The largest absolute Gasteiger partial charge is 0.610 e. The van der Waals surface area contributed by atoms with Gasteiger partial charge in [0.2, 0.25) is 4.21 Å². The fraction of sp³-hybridized carbons (Fsp3) is 0.389. The van der Waals surface area contributed by atoms with Crippen LogP contribution in [0.3, 0.4) is 0 Å². The van der Waals surface area contributed by atoms with Gasteiger partial charge in [0.15, 0.2) is 10.9 Å². The lowest BCUT2D eigenvalue weighted by molar-refractivity contribution is -0.150. The quantitative estimate of drug-likeness (QED) is 0.298. The van der Waals surface area contributed by atoms with Crippen LogP contribution in [0.4, 0.5) is 0 Å². The SMILES string of the molecule is Cc1nnc(SCC2=C(C(=O)O)N3C(=O)C(NC(=O)C[S+]([O-])c4cccs4)[C@@H]3SC2)n1C. The molecule has 2 aliphatic heterocycles. The predicted molar refractivity (Wildman–Crippen MR) is 122 cm³/mol. The Morgan fingerprint density at radius 2 is 2.22 bits per heavy atom. The van der Waals surface area contributed by atoms with E-state index in [0.717, 1.165) is 5.82 Å². The number of thioether (sulfide) groups is 2. The molecule has 0 aromatic carbocycles. The molecule has 3 atom stereocenters. The minimum Gasteiger partial charge on any atom is -0.610 e. The highest BCUT2D eigenvalue weighted by molar-refractivity contribution is 8.01. The van der Waals surface area contributed by atoms with Crippen molar-refractivity contribution >= 4 is 63.8 Å². The summed E-state index contributed by atoms with van der Waals surface area (Å²) < 4.78 is 14.6. The number of hydrogen-bond donors (Lipinski definition) is 2. The van der Waals surface area contributed by atoms with Gasteiger partial charge in [-0.3, -0.25) is 14.5 Å². The number of thiophene rings is 1. The number of carboxylic acid groups (broad SMARTS) is 1. The van der Waals surface area contributed by atoms with Crippen molar-refractivity contribution in [3.8, 4) is 0 Å². The van der Waals surface area contributed by atoms with Crippen LogP contribution in [0.1, 0.15) is 5.82 Å². The first-order chi connectivity index (χ1) is 15.3. The number of rotatable bonds is 8. The summed E-state index contributed by atoms with van der Waals surface area (Å²) in [6, 6.07) is 2.61. The molecule has 2 aromatic rings. The number of aromatic nitrogens is 3. The normalized spacial score (nSPS) is 21.2. The van der Waals surface area contributed by atoms with Crippen LogP contribution in [-0.4, -0.2) is 75.8 Å². The second-order valence-electron chi connectivity index (χ2n) is 7.01. The average molecular weight is 514 g/mol. The summed E-state index contributed by atoms with van der Waals surface area (Å²) >= 11 is 2.56. The third-order valence-electron chi connectivity index (χ3n) is 4.98. The standard InChI is InChI=1S/C18H19N5O5S4/c1-9-20-21-18(22(9)2)31-7-10-6-30-16-13(15(25)23(16)14(10)17(26)27)19-11(24)8-32(28)12-4-3-5-29-12/h3-5,13,16H,6-8H2,1-2H3,(H,19,24)(H,26,27)/t13?,16-,32?/m0/s1. The topological polar surface area (TPSA) is 140 Å². The van der Waals surface area contributed by atoms with Gasteiger partial charge < -0.3 is 19.5 Å². The Morgan fingerprint density at radius 3 is 2.84 bits per heavy atom. The maximum atomic E-state index is 12.7. The Kier molecular flexibility index (Phi) is 6.86. The lowest BCUT2D eigenvalue weighted by Gasteiger charge is -2.49. The minimum atomic E-state index is -1.48. The Hall–Kier alpha value is -2.00. The van der Waals surface area contributed by atoms with E-state index in [1.165, 1.54) is 39.8 Å². The first-order valence-electron chi connectivity index (χ1n) is 9.38. The van der Waals surface area contributed by atoms with Gasteiger partial charge in [-0.25, -0.2) is 4.79 Å². The molecule has 4 heterocycles. The fourth-order valence-corrected chi connectivity index (χ4v) is 7.61. The maximum absolute atomic E-state index is 12.7. The van der Waals surface area contributed by atoms with Gasteiger partial charge >= 0.3 is 5.97 Å². The van der Waals surface area contributed by atoms with E-state index in [1.54, 1.807) is 17.5 Å². The van der Waals surface area contributed by atoms with Crippen molar-refractivity contribution in [2.24, 2.45) is 7.05 Å². The van der Waals surface area contributed by atoms with Gasteiger partial charge in [0, 0.05) is 35.8 Å². The van der Waals surface area contributed by atoms with E-state index < -0.39 is 40.4 Å². The molecule has 10 nitrogen and oxygen atoms in total. The van der Waals surface area contributed by atoms with Crippen LogP contribution in [0.2, 0.25) is 0 Å². The number of carbonyl (C=O) groups is 3. The highest BCUT2D eigenvalue weighted by atomic mass is 32.2. The number of amides is 2. The van der Waals surface area contributed by atoms with Crippen molar-refractivity contribution in [2.45, 2.75) is 27.7 Å². The molecule has 0 bridgehead atoms. The van der Waals surface area contributed by atoms with Crippen LogP contribution in [-0.2, 0) is 32.6 Å². The second kappa shape index (κ2) is 9.47. The van der Waals surface area contributed by atoms with Gasteiger partial charge in [0.25, 0.3) is 11.8 Å². The number of aryl methyl sites for hydroxylation is 1. The summed E-state index contributed by atoms with van der Waals surface area (Å²) in [7, 11) is 1.83. The Labute approximate surface area is 199 Å². The van der Waals surface area contributed by atoms with Crippen LogP contribution >= 0.6 is 34.9 Å². The average Bonchev–Trinajstić information content (AvgIpc) is 3.41. The highest BCUT2D eigenvalue weighted by Crippen LogP contribution is 2.41. The smallest absolute Gasteiger partial charge is 0.352 e. The molecular weight excluding hydrogens is 494 g/mol. The fourth-order valence-electron chi connectivity index (χ4n) is 3.26. The molecule has 2 amide bonds. The van der Waals surface area contributed by atoms with Crippen molar-refractivity contribution in [1.82, 2.24) is 25.0 Å². The van der Waals surface area contributed by atoms with Gasteiger partial charge in [0.05, 0.1) is 0 Å². The van der Waals surface area contributed by atoms with E-state index in [0.29, 0.717) is 26.4 Å². The summed E-state index contributed by atoms with van der Waals surface area (Å²) in [5, 5.41) is 22.4. The molecule has 2 unspecified atom stereocenters. The third-order valence-corrected chi connectivity index (χ3v) is 10.0. The van der Waals surface area contributed by atoms with Crippen molar-refractivity contribution in [3.05, 3.63) is 34.6 Å². The van der Waals surface area contributed by atoms with E-state index in [1.807, 2.05) is 18.5 Å². The molecule has 1 fully saturated rings. The molecule has 0 radical (unpaired) electrons. The van der Waals surface area contributed by atoms with Gasteiger partial charge in [0.1, 0.15) is 22.9 Å². The summed E-state index contributed by atoms with van der Waals surface area (Å²) in [5.41, 5.74) is 0.569. The van der Waals surface area contributed by atoms with Gasteiger partial charge in [-0.15, -0.1) is 22.0 Å². The minimum absolute atomic E-state index is 0.0437. The Morgan fingerprint density at radius 1 is 1.44 bits per heavy atom. The van der Waals surface area contributed by atoms with Crippen molar-refractivity contribution in [1.29, 1.82) is 0 Å². The number of β-lactam (4-membered cyclic amide) rings is 1. The van der Waals surface area contributed by atoms with Crippen molar-refractivity contribution < 1.29 is 24.0 Å².